The van der Waals surface area contributed by atoms with Gasteiger partial charge in [-0.05, 0) is 24.4 Å². The summed E-state index contributed by atoms with van der Waals surface area (Å²) in [6, 6.07) is 0. The van der Waals surface area contributed by atoms with Gasteiger partial charge >= 0.3 is 5.37 Å². The van der Waals surface area contributed by atoms with Gasteiger partial charge in [-0.1, -0.05) is 6.08 Å². The molecule has 0 bridgehead atoms. The summed E-state index contributed by atoms with van der Waals surface area (Å²) in [4.78, 5) is 22.4. The molecule has 0 saturated carbocycles. The molecule has 0 fully saturated rings. The minimum Gasteiger partial charge on any atom is -0.275 e. The lowest BCUT2D eigenvalue weighted by Crippen LogP contribution is -2.31. The van der Waals surface area contributed by atoms with Gasteiger partial charge < -0.3 is 0 Å². The third kappa shape index (κ3) is 4.13. The summed E-state index contributed by atoms with van der Waals surface area (Å²) in [6.07, 6.45) is 3.21. The smallest absolute Gasteiger partial charge is 0.275 e. The molecule has 0 aromatic heterocycles. The molecule has 0 aromatic carbocycles. The summed E-state index contributed by atoms with van der Waals surface area (Å²) in [7, 11) is 0. The van der Waals surface area contributed by atoms with E-state index in [9.17, 15) is 9.59 Å². The van der Waals surface area contributed by atoms with Crippen molar-refractivity contribution in [2.75, 3.05) is 6.54 Å². The number of hydrogen-bond acceptors (Lipinski definition) is 2. The highest BCUT2D eigenvalue weighted by Gasteiger charge is 2.13. The van der Waals surface area contributed by atoms with E-state index in [4.69, 9.17) is 11.6 Å². The van der Waals surface area contributed by atoms with Crippen molar-refractivity contribution in [3.63, 3.8) is 0 Å². The average molecular weight is 190 g/mol. The van der Waals surface area contributed by atoms with Crippen LogP contribution in [0.3, 0.4) is 0 Å². The third-order valence-electron chi connectivity index (χ3n) is 1.38. The van der Waals surface area contributed by atoms with Crippen LogP contribution in [-0.4, -0.2) is 22.7 Å². The van der Waals surface area contributed by atoms with E-state index in [-0.39, 0.29) is 5.91 Å². The van der Waals surface area contributed by atoms with Gasteiger partial charge in [0, 0.05) is 13.5 Å². The number of carbonyl (C=O) groups excluding carboxylic acids is 2. The van der Waals surface area contributed by atoms with Crippen LogP contribution in [0.5, 0.6) is 0 Å². The zero-order valence-corrected chi connectivity index (χ0v) is 7.80. The normalized spacial score (nSPS) is 9.17. The highest BCUT2D eigenvalue weighted by molar-refractivity contribution is 6.63. The second kappa shape index (κ2) is 5.77. The number of unbranched alkanes of at least 4 members (excludes halogenated alkanes) is 1. The molecular formula is C8H12ClNO2. The molecule has 12 heavy (non-hydrogen) atoms. The monoisotopic (exact) mass is 189 g/mol. The summed E-state index contributed by atoms with van der Waals surface area (Å²) in [5, 5.41) is -0.716. The number of imide groups is 1. The molecule has 0 aliphatic heterocycles. The number of nitrogens with zero attached hydrogens (tertiary/aromatic N) is 1. The average Bonchev–Trinajstić information content (AvgIpc) is 1.96. The molecule has 0 spiro atoms. The maximum absolute atomic E-state index is 10.8. The number of hydrogen-bond donors (Lipinski definition) is 0. The number of rotatable bonds is 4. The highest BCUT2D eigenvalue weighted by atomic mass is 35.5. The molecule has 0 aliphatic rings. The summed E-state index contributed by atoms with van der Waals surface area (Å²) in [6.45, 7) is 5.20. The molecule has 2 amide bonds. The van der Waals surface area contributed by atoms with Gasteiger partial charge in [-0.15, -0.1) is 6.58 Å². The van der Waals surface area contributed by atoms with Crippen LogP contribution in [-0.2, 0) is 4.79 Å². The Kier molecular flexibility index (Phi) is 5.37. The van der Waals surface area contributed by atoms with E-state index in [1.54, 1.807) is 6.08 Å². The van der Waals surface area contributed by atoms with Crippen LogP contribution in [0.15, 0.2) is 12.7 Å². The fraction of sp³-hybridized carbons (Fsp3) is 0.500. The van der Waals surface area contributed by atoms with Crippen molar-refractivity contribution in [3.8, 4) is 0 Å². The second-order valence-corrected chi connectivity index (χ2v) is 2.68. The van der Waals surface area contributed by atoms with Gasteiger partial charge in [-0.3, -0.25) is 14.5 Å². The van der Waals surface area contributed by atoms with Crippen LogP contribution in [0.2, 0.25) is 0 Å². The molecular weight excluding hydrogens is 178 g/mol. The lowest BCUT2D eigenvalue weighted by molar-refractivity contribution is -0.125. The zero-order chi connectivity index (χ0) is 9.56. The Bertz CT molecular complexity index is 177. The van der Waals surface area contributed by atoms with E-state index in [2.05, 4.69) is 6.58 Å². The first-order valence-electron chi connectivity index (χ1n) is 3.68. The van der Waals surface area contributed by atoms with Gasteiger partial charge in [0.15, 0.2) is 0 Å². The van der Waals surface area contributed by atoms with Gasteiger partial charge in [0.25, 0.3) is 0 Å². The van der Waals surface area contributed by atoms with Crippen molar-refractivity contribution in [3.05, 3.63) is 12.7 Å². The van der Waals surface area contributed by atoms with Crippen molar-refractivity contribution in [2.24, 2.45) is 0 Å². The van der Waals surface area contributed by atoms with E-state index in [1.807, 2.05) is 0 Å². The first-order chi connectivity index (χ1) is 5.59. The van der Waals surface area contributed by atoms with Gasteiger partial charge in [-0.2, -0.15) is 0 Å². The summed E-state index contributed by atoms with van der Waals surface area (Å²) < 4.78 is 0. The minimum absolute atomic E-state index is 0.320. The number of allylic oxidation sites excluding steroid dienone is 1. The molecule has 0 aliphatic carbocycles. The van der Waals surface area contributed by atoms with Crippen LogP contribution in [0.25, 0.3) is 0 Å². The maximum Gasteiger partial charge on any atom is 0.323 e. The van der Waals surface area contributed by atoms with Crippen LogP contribution in [0.4, 0.5) is 4.79 Å². The number of amides is 2. The summed E-state index contributed by atoms with van der Waals surface area (Å²) in [5.74, 6) is -0.320. The molecule has 0 radical (unpaired) electrons. The predicted molar refractivity (Wildman–Crippen MR) is 48.1 cm³/mol. The molecule has 4 heteroatoms. The van der Waals surface area contributed by atoms with Crippen molar-refractivity contribution in [1.82, 2.24) is 4.90 Å². The van der Waals surface area contributed by atoms with Gasteiger partial charge in [0.1, 0.15) is 0 Å². The number of carbonyl (C=O) groups is 2. The Morgan fingerprint density at radius 1 is 1.58 bits per heavy atom. The zero-order valence-electron chi connectivity index (χ0n) is 7.05. The molecule has 3 nitrogen and oxygen atoms in total. The first kappa shape index (κ1) is 11.2. The quantitative estimate of drug-likeness (QED) is 0.294. The molecule has 0 unspecified atom stereocenters. The SMILES string of the molecule is C=CCCCN(C(C)=O)C(=O)Cl. The van der Waals surface area contributed by atoms with Crippen molar-refractivity contribution >= 4 is 22.9 Å². The van der Waals surface area contributed by atoms with E-state index in [0.717, 1.165) is 11.3 Å². The Balaban J connectivity index is 3.88. The van der Waals surface area contributed by atoms with Crippen molar-refractivity contribution in [2.45, 2.75) is 19.8 Å². The van der Waals surface area contributed by atoms with Crippen LogP contribution in [0, 0.1) is 0 Å². The Hall–Kier alpha value is -0.830. The van der Waals surface area contributed by atoms with Crippen LogP contribution < -0.4 is 0 Å². The Labute approximate surface area is 77.0 Å². The molecule has 0 aromatic rings. The van der Waals surface area contributed by atoms with Gasteiger partial charge in [-0.25, -0.2) is 0 Å². The topological polar surface area (TPSA) is 37.4 Å². The molecule has 0 heterocycles. The number of halogens is 1. The lowest BCUT2D eigenvalue weighted by Gasteiger charge is -2.14. The summed E-state index contributed by atoms with van der Waals surface area (Å²) >= 11 is 5.16. The third-order valence-corrected chi connectivity index (χ3v) is 1.59. The standard InChI is InChI=1S/C8H12ClNO2/c1-3-4-5-6-10(7(2)11)8(9)12/h3H,1,4-6H2,2H3. The van der Waals surface area contributed by atoms with Crippen LogP contribution >= 0.6 is 11.6 Å². The maximum atomic E-state index is 10.8. The second-order valence-electron chi connectivity index (χ2n) is 2.35. The Morgan fingerprint density at radius 3 is 2.50 bits per heavy atom. The van der Waals surface area contributed by atoms with Crippen LogP contribution in [0.1, 0.15) is 19.8 Å². The molecule has 68 valence electrons. The molecule has 0 saturated heterocycles. The Morgan fingerprint density at radius 2 is 2.17 bits per heavy atom. The van der Waals surface area contributed by atoms with Crippen molar-refractivity contribution in [1.29, 1.82) is 0 Å². The lowest BCUT2D eigenvalue weighted by atomic mass is 10.3. The van der Waals surface area contributed by atoms with E-state index in [1.165, 1.54) is 6.92 Å². The van der Waals surface area contributed by atoms with E-state index < -0.39 is 5.37 Å². The molecule has 0 rings (SSSR count). The fourth-order valence-corrected chi connectivity index (χ4v) is 0.966. The van der Waals surface area contributed by atoms with E-state index in [0.29, 0.717) is 13.0 Å². The predicted octanol–water partition coefficient (Wildman–Crippen LogP) is 2.16. The molecule has 0 N–H and O–H groups in total. The first-order valence-corrected chi connectivity index (χ1v) is 4.06. The minimum atomic E-state index is -0.716. The summed E-state index contributed by atoms with van der Waals surface area (Å²) in [5.41, 5.74) is 0. The van der Waals surface area contributed by atoms with E-state index >= 15 is 0 Å². The van der Waals surface area contributed by atoms with Gasteiger partial charge in [0.05, 0.1) is 0 Å². The highest BCUT2D eigenvalue weighted by Crippen LogP contribution is 2.01. The molecule has 0 atom stereocenters. The van der Waals surface area contributed by atoms with Crippen molar-refractivity contribution < 1.29 is 9.59 Å². The fourth-order valence-electron chi connectivity index (χ4n) is 0.763. The van der Waals surface area contributed by atoms with Gasteiger partial charge in [0.2, 0.25) is 5.91 Å². The largest absolute Gasteiger partial charge is 0.323 e.